The molecule has 9 rings (SSSR count). The van der Waals surface area contributed by atoms with Gasteiger partial charge in [0.15, 0.2) is 5.82 Å². The van der Waals surface area contributed by atoms with Gasteiger partial charge in [0.2, 0.25) is 17.7 Å². The van der Waals surface area contributed by atoms with Gasteiger partial charge in [0.25, 0.3) is 11.8 Å². The summed E-state index contributed by atoms with van der Waals surface area (Å²) in [4.78, 5) is 52.4. The fourth-order valence-corrected chi connectivity index (χ4v) is 7.26. The fraction of sp³-hybridized carbons (Fsp3) is 0.263. The first kappa shape index (κ1) is 31.5. The summed E-state index contributed by atoms with van der Waals surface area (Å²) in [5.74, 6) is 0.316. The van der Waals surface area contributed by atoms with E-state index in [1.165, 1.54) is 15.9 Å². The summed E-state index contributed by atoms with van der Waals surface area (Å²) in [5.41, 5.74) is 3.69. The van der Waals surface area contributed by atoms with Gasteiger partial charge in [-0.25, -0.2) is 0 Å². The van der Waals surface area contributed by atoms with Gasteiger partial charge < -0.3 is 14.8 Å². The van der Waals surface area contributed by atoms with Gasteiger partial charge in [-0.3, -0.25) is 29.4 Å². The van der Waals surface area contributed by atoms with Crippen LogP contribution >= 0.6 is 0 Å². The van der Waals surface area contributed by atoms with Gasteiger partial charge >= 0.3 is 0 Å². The number of amides is 4. The van der Waals surface area contributed by atoms with Gasteiger partial charge in [0.1, 0.15) is 23.6 Å². The number of carbonyl (C=O) groups is 4. The molecule has 14 heteroatoms. The number of rotatable bonds is 10. The molecule has 0 bridgehead atoms. The summed E-state index contributed by atoms with van der Waals surface area (Å²) in [7, 11) is 0. The van der Waals surface area contributed by atoms with Crippen LogP contribution in [0.15, 0.2) is 91.3 Å². The van der Waals surface area contributed by atoms with Crippen molar-refractivity contribution in [2.45, 2.75) is 62.1 Å². The molecule has 3 aromatic carbocycles. The first-order chi connectivity index (χ1) is 25.3. The van der Waals surface area contributed by atoms with E-state index in [1.807, 2.05) is 24.3 Å². The maximum Gasteiger partial charge on any atom is 0.262 e. The number of piperidine rings is 1. The molecule has 1 atom stereocenters. The van der Waals surface area contributed by atoms with Crippen molar-refractivity contribution in [1.29, 1.82) is 0 Å². The predicted molar refractivity (Wildman–Crippen MR) is 184 cm³/mol. The highest BCUT2D eigenvalue weighted by molar-refractivity contribution is 6.23. The number of nitrogens with zero attached hydrogens (tertiary/aromatic N) is 6. The molecule has 260 valence electrons. The zero-order valence-electron chi connectivity index (χ0n) is 27.8. The molecule has 0 spiro atoms. The van der Waals surface area contributed by atoms with Gasteiger partial charge in [0.05, 0.1) is 23.5 Å². The van der Waals surface area contributed by atoms with E-state index >= 15 is 0 Å². The highest BCUT2D eigenvalue weighted by Gasteiger charge is 2.46. The van der Waals surface area contributed by atoms with Crippen LogP contribution in [0.25, 0.3) is 5.82 Å². The standard InChI is InChI=1S/C38H32N8O6/c47-33-13-11-31(35(48)42-33)45-36(49)29-10-5-24(21-30(29)37(45)50)41-25-19-28(20-25)51-26-6-1-22(2-7-26)38(15-16-38)23-3-8-27(9-4-23)52-34-14-12-32(43-44-34)46-39-17-18-40-46/h1-10,12,14,17-18,21,25,28,31,41H,11,13,15-16,19-20H2,(H,42,47,48)/t25-,28-,31?. The number of hydrogen-bond donors (Lipinski definition) is 2. The third-order valence-electron chi connectivity index (χ3n) is 10.2. The third-order valence-corrected chi connectivity index (χ3v) is 10.2. The van der Waals surface area contributed by atoms with E-state index in [1.54, 1.807) is 42.7 Å². The molecule has 3 fully saturated rings. The topological polar surface area (TPSA) is 171 Å². The maximum absolute atomic E-state index is 13.2. The molecule has 2 aliphatic heterocycles. The lowest BCUT2D eigenvalue weighted by atomic mass is 9.87. The van der Waals surface area contributed by atoms with Gasteiger partial charge in [-0.1, -0.05) is 24.3 Å². The first-order valence-electron chi connectivity index (χ1n) is 17.2. The Labute approximate surface area is 297 Å². The summed E-state index contributed by atoms with van der Waals surface area (Å²) < 4.78 is 12.2. The van der Waals surface area contributed by atoms with Crippen LogP contribution in [0.3, 0.4) is 0 Å². The van der Waals surface area contributed by atoms with Crippen LogP contribution in [0.2, 0.25) is 0 Å². The van der Waals surface area contributed by atoms with Crippen molar-refractivity contribution >= 4 is 29.3 Å². The number of anilines is 1. The number of carbonyl (C=O) groups excluding carboxylic acids is 4. The number of ether oxygens (including phenoxy) is 2. The monoisotopic (exact) mass is 696 g/mol. The molecular formula is C38H32N8O6. The summed E-state index contributed by atoms with van der Waals surface area (Å²) in [6.07, 6.45) is 7.10. The largest absolute Gasteiger partial charge is 0.490 e. The zero-order chi connectivity index (χ0) is 35.4. The van der Waals surface area contributed by atoms with Crippen molar-refractivity contribution in [3.63, 3.8) is 0 Å². The van der Waals surface area contributed by atoms with E-state index in [0.717, 1.165) is 42.0 Å². The van der Waals surface area contributed by atoms with Crippen molar-refractivity contribution in [3.05, 3.63) is 114 Å². The lowest BCUT2D eigenvalue weighted by Gasteiger charge is -2.36. The molecule has 1 unspecified atom stereocenters. The van der Waals surface area contributed by atoms with Crippen molar-refractivity contribution in [2.75, 3.05) is 5.32 Å². The van der Waals surface area contributed by atoms with Crippen LogP contribution in [0.1, 0.15) is 70.4 Å². The molecule has 2 aromatic heterocycles. The van der Waals surface area contributed by atoms with Crippen LogP contribution in [0.4, 0.5) is 5.69 Å². The van der Waals surface area contributed by atoms with Crippen LogP contribution in [-0.2, 0) is 15.0 Å². The fourth-order valence-electron chi connectivity index (χ4n) is 7.26. The minimum absolute atomic E-state index is 0.0263. The number of nitrogens with one attached hydrogen (secondary N) is 2. The average molecular weight is 697 g/mol. The van der Waals surface area contributed by atoms with E-state index in [-0.39, 0.29) is 41.5 Å². The molecule has 4 aliphatic rings. The quantitative estimate of drug-likeness (QED) is 0.199. The lowest BCUT2D eigenvalue weighted by Crippen LogP contribution is -2.54. The number of aromatic nitrogens is 5. The van der Waals surface area contributed by atoms with Crippen molar-refractivity contribution in [2.24, 2.45) is 0 Å². The second-order valence-corrected chi connectivity index (χ2v) is 13.5. The summed E-state index contributed by atoms with van der Waals surface area (Å²) >= 11 is 0. The summed E-state index contributed by atoms with van der Waals surface area (Å²) in [5, 5.41) is 22.0. The molecule has 1 saturated heterocycles. The molecule has 14 nitrogen and oxygen atoms in total. The second-order valence-electron chi connectivity index (χ2n) is 13.5. The van der Waals surface area contributed by atoms with E-state index in [9.17, 15) is 19.2 Å². The van der Waals surface area contributed by atoms with E-state index < -0.39 is 29.7 Å². The van der Waals surface area contributed by atoms with E-state index in [4.69, 9.17) is 9.47 Å². The van der Waals surface area contributed by atoms with E-state index in [0.29, 0.717) is 17.4 Å². The number of hydrogen-bond acceptors (Lipinski definition) is 11. The maximum atomic E-state index is 13.2. The molecule has 52 heavy (non-hydrogen) atoms. The Morgan fingerprint density at radius 1 is 0.769 bits per heavy atom. The molecule has 5 aromatic rings. The summed E-state index contributed by atoms with van der Waals surface area (Å²) in [6, 6.07) is 24.2. The van der Waals surface area contributed by atoms with Gasteiger partial charge in [-0.15, -0.1) is 15.0 Å². The number of benzene rings is 3. The zero-order valence-corrected chi connectivity index (χ0v) is 27.8. The molecular weight excluding hydrogens is 664 g/mol. The minimum Gasteiger partial charge on any atom is -0.490 e. The van der Waals surface area contributed by atoms with Crippen LogP contribution < -0.4 is 20.1 Å². The molecule has 2 saturated carbocycles. The molecule has 0 radical (unpaired) electrons. The molecule has 4 amide bonds. The molecule has 2 aliphatic carbocycles. The van der Waals surface area contributed by atoms with Crippen LogP contribution in [0, 0.1) is 0 Å². The Hall–Kier alpha value is -6.44. The van der Waals surface area contributed by atoms with Crippen molar-refractivity contribution < 1.29 is 28.7 Å². The Balaban J connectivity index is 0.775. The van der Waals surface area contributed by atoms with Crippen LogP contribution in [0.5, 0.6) is 17.4 Å². The predicted octanol–water partition coefficient (Wildman–Crippen LogP) is 4.35. The summed E-state index contributed by atoms with van der Waals surface area (Å²) in [6.45, 7) is 0. The van der Waals surface area contributed by atoms with E-state index in [2.05, 4.69) is 55.3 Å². The van der Waals surface area contributed by atoms with Gasteiger partial charge in [0, 0.05) is 42.5 Å². The Morgan fingerprint density at radius 3 is 2.12 bits per heavy atom. The highest BCUT2D eigenvalue weighted by atomic mass is 16.5. The van der Waals surface area contributed by atoms with Gasteiger partial charge in [-0.2, -0.15) is 10.2 Å². The Bertz CT molecular complexity index is 2200. The van der Waals surface area contributed by atoms with Crippen molar-refractivity contribution in [1.82, 2.24) is 35.4 Å². The van der Waals surface area contributed by atoms with Gasteiger partial charge in [-0.05, 0) is 78.9 Å². The molecule has 2 N–H and O–H groups in total. The minimum atomic E-state index is -0.986. The first-order valence-corrected chi connectivity index (χ1v) is 17.2. The lowest BCUT2D eigenvalue weighted by molar-refractivity contribution is -0.136. The van der Waals surface area contributed by atoms with Crippen molar-refractivity contribution in [3.8, 4) is 23.2 Å². The smallest absolute Gasteiger partial charge is 0.262 e. The number of imide groups is 2. The highest BCUT2D eigenvalue weighted by Crippen LogP contribution is 2.54. The molecule has 4 heterocycles. The second kappa shape index (κ2) is 12.4. The Kier molecular flexibility index (Phi) is 7.52. The Morgan fingerprint density at radius 2 is 1.46 bits per heavy atom. The average Bonchev–Trinajstić information content (AvgIpc) is 3.68. The van der Waals surface area contributed by atoms with Crippen LogP contribution in [-0.4, -0.2) is 71.9 Å². The number of fused-ring (bicyclic) bond motifs is 1. The SMILES string of the molecule is O=C1CCC(N2C(=O)c3ccc(N[C@H]4C[C@H](Oc5ccc(C6(c7ccc(Oc8ccc(-n9nccn9)nn8)cc7)CC6)cc5)C4)cc3C2=O)C(=O)N1. The normalized spacial score (nSPS) is 21.6. The third kappa shape index (κ3) is 5.71.